The highest BCUT2D eigenvalue weighted by atomic mass is 32.2. The molecular weight excluding hydrogens is 466 g/mol. The van der Waals surface area contributed by atoms with Crippen LogP contribution in [0.15, 0.2) is 47.4 Å². The molecule has 1 amide bonds. The Bertz CT molecular complexity index is 1020. The third-order valence-electron chi connectivity index (χ3n) is 5.63. The van der Waals surface area contributed by atoms with E-state index in [0.29, 0.717) is 53.0 Å². The van der Waals surface area contributed by atoms with Crippen LogP contribution in [0.2, 0.25) is 0 Å². The molecule has 1 fully saturated rings. The summed E-state index contributed by atoms with van der Waals surface area (Å²) >= 11 is 6.62. The molecular formula is C27H33NO4S2. The van der Waals surface area contributed by atoms with E-state index in [1.54, 1.807) is 4.90 Å². The molecule has 1 heterocycles. The van der Waals surface area contributed by atoms with Gasteiger partial charge in [0.05, 0.1) is 24.7 Å². The predicted molar refractivity (Wildman–Crippen MR) is 144 cm³/mol. The number of likely N-dealkylation sites (N-methyl/N-ethyl adjacent to an activating group) is 1. The fourth-order valence-electron chi connectivity index (χ4n) is 3.49. The number of nitrogens with zero attached hydrogens (tertiary/aromatic N) is 1. The Labute approximate surface area is 212 Å². The van der Waals surface area contributed by atoms with Gasteiger partial charge in [0.1, 0.15) is 10.1 Å². The molecule has 0 saturated carbocycles. The Balaban J connectivity index is 1.54. The zero-order chi connectivity index (χ0) is 24.5. The second-order valence-corrected chi connectivity index (χ2v) is 9.67. The summed E-state index contributed by atoms with van der Waals surface area (Å²) in [5, 5.41) is 0. The molecule has 1 atom stereocenters. The van der Waals surface area contributed by atoms with Crippen molar-refractivity contribution in [2.24, 2.45) is 0 Å². The maximum atomic E-state index is 12.5. The molecule has 0 spiro atoms. The van der Waals surface area contributed by atoms with Crippen LogP contribution < -0.4 is 14.2 Å². The van der Waals surface area contributed by atoms with Crippen LogP contribution in [-0.4, -0.2) is 41.5 Å². The van der Waals surface area contributed by atoms with Gasteiger partial charge in [-0.3, -0.25) is 9.69 Å². The molecule has 1 saturated heterocycles. The Morgan fingerprint density at radius 2 is 1.74 bits per heavy atom. The average molecular weight is 500 g/mol. The van der Waals surface area contributed by atoms with E-state index in [-0.39, 0.29) is 5.91 Å². The SMILES string of the molecule is CCOc1cc(/C=C2/SC(=S)N(CC)C2=O)ccc1OCCCOc1ccc([C@H](C)CC)cc1. The number of benzene rings is 2. The second kappa shape index (κ2) is 12.8. The molecule has 7 heteroatoms. The van der Waals surface area contributed by atoms with E-state index >= 15 is 0 Å². The summed E-state index contributed by atoms with van der Waals surface area (Å²) in [7, 11) is 0. The van der Waals surface area contributed by atoms with Gasteiger partial charge in [0.15, 0.2) is 11.5 Å². The normalized spacial score (nSPS) is 15.6. The zero-order valence-electron chi connectivity index (χ0n) is 20.3. The monoisotopic (exact) mass is 499 g/mol. The molecule has 3 rings (SSSR count). The molecule has 2 aromatic carbocycles. The quantitative estimate of drug-likeness (QED) is 0.185. The van der Waals surface area contributed by atoms with Crippen molar-refractivity contribution in [1.29, 1.82) is 0 Å². The van der Waals surface area contributed by atoms with Gasteiger partial charge < -0.3 is 14.2 Å². The molecule has 0 unspecified atom stereocenters. The minimum Gasteiger partial charge on any atom is -0.493 e. The molecule has 182 valence electrons. The highest BCUT2D eigenvalue weighted by Gasteiger charge is 2.30. The van der Waals surface area contributed by atoms with Crippen molar-refractivity contribution in [3.8, 4) is 17.2 Å². The van der Waals surface area contributed by atoms with Crippen LogP contribution in [0.4, 0.5) is 0 Å². The highest BCUT2D eigenvalue weighted by molar-refractivity contribution is 8.26. The molecule has 0 radical (unpaired) electrons. The van der Waals surface area contributed by atoms with Gasteiger partial charge >= 0.3 is 0 Å². The molecule has 34 heavy (non-hydrogen) atoms. The first-order valence-corrected chi connectivity index (χ1v) is 13.1. The number of amides is 1. The van der Waals surface area contributed by atoms with Crippen molar-refractivity contribution in [3.05, 3.63) is 58.5 Å². The number of thiocarbonyl (C=S) groups is 1. The van der Waals surface area contributed by atoms with Crippen molar-refractivity contribution in [1.82, 2.24) is 4.90 Å². The molecule has 1 aliphatic heterocycles. The van der Waals surface area contributed by atoms with Crippen LogP contribution in [0.3, 0.4) is 0 Å². The summed E-state index contributed by atoms with van der Waals surface area (Å²) in [6.45, 7) is 10.5. The van der Waals surface area contributed by atoms with Gasteiger partial charge in [-0.25, -0.2) is 0 Å². The molecule has 5 nitrogen and oxygen atoms in total. The lowest BCUT2D eigenvalue weighted by atomic mass is 9.99. The Morgan fingerprint density at radius 3 is 2.38 bits per heavy atom. The fourth-order valence-corrected chi connectivity index (χ4v) is 4.87. The maximum absolute atomic E-state index is 12.5. The number of ether oxygens (including phenoxy) is 3. The molecule has 0 aliphatic carbocycles. The number of rotatable bonds is 12. The lowest BCUT2D eigenvalue weighted by Crippen LogP contribution is -2.27. The molecule has 0 N–H and O–H groups in total. The highest BCUT2D eigenvalue weighted by Crippen LogP contribution is 2.34. The lowest BCUT2D eigenvalue weighted by Gasteiger charge is -2.13. The lowest BCUT2D eigenvalue weighted by molar-refractivity contribution is -0.121. The number of carbonyl (C=O) groups is 1. The predicted octanol–water partition coefficient (Wildman–Crippen LogP) is 6.67. The van der Waals surface area contributed by atoms with Gasteiger partial charge in [0.25, 0.3) is 5.91 Å². The Morgan fingerprint density at radius 1 is 1.00 bits per heavy atom. The van der Waals surface area contributed by atoms with Gasteiger partial charge in [-0.05, 0) is 67.7 Å². The first-order chi connectivity index (χ1) is 16.5. The summed E-state index contributed by atoms with van der Waals surface area (Å²) in [5.41, 5.74) is 2.21. The first-order valence-electron chi connectivity index (χ1n) is 11.8. The fraction of sp³-hybridized carbons (Fsp3) is 0.407. The molecule has 0 aromatic heterocycles. The third kappa shape index (κ3) is 6.76. The van der Waals surface area contributed by atoms with E-state index < -0.39 is 0 Å². The van der Waals surface area contributed by atoms with Crippen LogP contribution in [-0.2, 0) is 4.79 Å². The van der Waals surface area contributed by atoms with Gasteiger partial charge in [-0.15, -0.1) is 0 Å². The Hall–Kier alpha value is -2.51. The summed E-state index contributed by atoms with van der Waals surface area (Å²) < 4.78 is 18.2. The number of hydrogen-bond acceptors (Lipinski definition) is 6. The number of thioether (sulfide) groups is 1. The van der Waals surface area contributed by atoms with Gasteiger partial charge in [-0.1, -0.05) is 56.0 Å². The van der Waals surface area contributed by atoms with Crippen molar-refractivity contribution in [2.75, 3.05) is 26.4 Å². The van der Waals surface area contributed by atoms with Crippen LogP contribution >= 0.6 is 24.0 Å². The largest absolute Gasteiger partial charge is 0.493 e. The average Bonchev–Trinajstić information content (AvgIpc) is 3.11. The van der Waals surface area contributed by atoms with Gasteiger partial charge in [-0.2, -0.15) is 0 Å². The van der Waals surface area contributed by atoms with Crippen LogP contribution in [0.25, 0.3) is 6.08 Å². The van der Waals surface area contributed by atoms with Crippen LogP contribution in [0.1, 0.15) is 57.6 Å². The van der Waals surface area contributed by atoms with E-state index in [2.05, 4.69) is 26.0 Å². The summed E-state index contributed by atoms with van der Waals surface area (Å²) in [6.07, 6.45) is 3.73. The smallest absolute Gasteiger partial charge is 0.266 e. The summed E-state index contributed by atoms with van der Waals surface area (Å²) in [4.78, 5) is 14.7. The van der Waals surface area contributed by atoms with Crippen molar-refractivity contribution >= 4 is 40.3 Å². The summed E-state index contributed by atoms with van der Waals surface area (Å²) in [5.74, 6) is 2.72. The summed E-state index contributed by atoms with van der Waals surface area (Å²) in [6, 6.07) is 14.0. The van der Waals surface area contributed by atoms with E-state index in [9.17, 15) is 4.79 Å². The van der Waals surface area contributed by atoms with E-state index in [1.165, 1.54) is 17.3 Å². The molecule has 2 aromatic rings. The minimum absolute atomic E-state index is 0.0506. The van der Waals surface area contributed by atoms with E-state index in [4.69, 9.17) is 26.4 Å². The third-order valence-corrected chi connectivity index (χ3v) is 7.01. The standard InChI is InChI=1S/C27H33NO4S2/c1-5-19(4)21-10-12-22(13-11-21)31-15-8-16-32-23-14-9-20(17-24(23)30-7-3)18-25-26(29)28(6-2)27(33)34-25/h9-14,17-19H,5-8,15-16H2,1-4H3/b25-18+/t19-/m1/s1. The zero-order valence-corrected chi connectivity index (χ0v) is 22.0. The second-order valence-electron chi connectivity index (χ2n) is 7.99. The number of carbonyl (C=O) groups excluding carboxylic acids is 1. The minimum atomic E-state index is -0.0506. The van der Waals surface area contributed by atoms with Gasteiger partial charge in [0.2, 0.25) is 0 Å². The van der Waals surface area contributed by atoms with Crippen molar-refractivity contribution in [2.45, 2.75) is 46.5 Å². The van der Waals surface area contributed by atoms with Crippen LogP contribution in [0, 0.1) is 0 Å². The molecule has 0 bridgehead atoms. The molecule has 1 aliphatic rings. The van der Waals surface area contributed by atoms with Crippen molar-refractivity contribution < 1.29 is 19.0 Å². The number of hydrogen-bond donors (Lipinski definition) is 0. The topological polar surface area (TPSA) is 48.0 Å². The van der Waals surface area contributed by atoms with E-state index in [1.807, 2.05) is 50.3 Å². The first kappa shape index (κ1) is 26.1. The van der Waals surface area contributed by atoms with Crippen molar-refractivity contribution in [3.63, 3.8) is 0 Å². The maximum Gasteiger partial charge on any atom is 0.266 e. The van der Waals surface area contributed by atoms with E-state index in [0.717, 1.165) is 24.2 Å². The Kier molecular flexibility index (Phi) is 9.84. The van der Waals surface area contributed by atoms with Gasteiger partial charge in [0, 0.05) is 13.0 Å². The van der Waals surface area contributed by atoms with Crippen LogP contribution in [0.5, 0.6) is 17.2 Å².